The number of hydrogen-bond donors (Lipinski definition) is 1. The first-order chi connectivity index (χ1) is 12.5. The smallest absolute Gasteiger partial charge is 0.258 e. The molecule has 1 aliphatic rings. The molecule has 0 bridgehead atoms. The molecular formula is C17H18N6O3. The van der Waals surface area contributed by atoms with Crippen LogP contribution in [0.15, 0.2) is 23.0 Å². The number of aromatic nitrogens is 4. The standard InChI is InChI=1S/C17H18N6O3/c1-9-7-11(13-10(2)22-26-16(13)21-9)17(24)23-5-6-25-12(8-23)14-15(18)20-4-3-19-14/h3-4,7,12H,5-6,8H2,1-2H3,(H2,18,20). The van der Waals surface area contributed by atoms with Gasteiger partial charge in [-0.1, -0.05) is 5.16 Å². The molecule has 1 aliphatic heterocycles. The molecule has 2 N–H and O–H groups in total. The number of anilines is 1. The minimum Gasteiger partial charge on any atom is -0.382 e. The van der Waals surface area contributed by atoms with Crippen molar-refractivity contribution in [3.05, 3.63) is 41.1 Å². The van der Waals surface area contributed by atoms with Crippen molar-refractivity contribution in [3.63, 3.8) is 0 Å². The molecule has 4 heterocycles. The largest absolute Gasteiger partial charge is 0.382 e. The number of carbonyl (C=O) groups excluding carboxylic acids is 1. The zero-order valence-corrected chi connectivity index (χ0v) is 14.5. The fourth-order valence-electron chi connectivity index (χ4n) is 3.16. The average molecular weight is 354 g/mol. The Morgan fingerprint density at radius 1 is 1.31 bits per heavy atom. The third-order valence-corrected chi connectivity index (χ3v) is 4.39. The van der Waals surface area contributed by atoms with Crippen molar-refractivity contribution in [1.82, 2.24) is 25.0 Å². The fraction of sp³-hybridized carbons (Fsp3) is 0.353. The van der Waals surface area contributed by atoms with Crippen LogP contribution in [0.25, 0.3) is 11.1 Å². The van der Waals surface area contributed by atoms with Gasteiger partial charge in [-0.3, -0.25) is 9.78 Å². The van der Waals surface area contributed by atoms with E-state index in [0.29, 0.717) is 59.3 Å². The molecule has 1 unspecified atom stereocenters. The first-order valence-corrected chi connectivity index (χ1v) is 8.25. The van der Waals surface area contributed by atoms with E-state index in [1.54, 1.807) is 24.1 Å². The quantitative estimate of drug-likeness (QED) is 0.733. The molecule has 3 aromatic rings. The second-order valence-corrected chi connectivity index (χ2v) is 6.20. The van der Waals surface area contributed by atoms with E-state index < -0.39 is 6.10 Å². The summed E-state index contributed by atoms with van der Waals surface area (Å²) in [4.78, 5) is 27.5. The highest BCUT2D eigenvalue weighted by Crippen LogP contribution is 2.27. The Balaban J connectivity index is 1.67. The molecule has 4 rings (SSSR count). The molecule has 0 saturated carbocycles. The van der Waals surface area contributed by atoms with Gasteiger partial charge in [0, 0.05) is 24.6 Å². The van der Waals surface area contributed by atoms with Crippen LogP contribution in [-0.2, 0) is 4.74 Å². The predicted octanol–water partition coefficient (Wildman–Crippen LogP) is 1.43. The Morgan fingerprint density at radius 3 is 2.92 bits per heavy atom. The molecule has 1 saturated heterocycles. The monoisotopic (exact) mass is 354 g/mol. The van der Waals surface area contributed by atoms with Gasteiger partial charge in [-0.2, -0.15) is 0 Å². The zero-order valence-electron chi connectivity index (χ0n) is 14.5. The number of nitrogen functional groups attached to an aromatic ring is 1. The summed E-state index contributed by atoms with van der Waals surface area (Å²) < 4.78 is 11.0. The third-order valence-electron chi connectivity index (χ3n) is 4.39. The Labute approximate surface area is 149 Å². The number of fused-ring (bicyclic) bond motifs is 1. The van der Waals surface area contributed by atoms with Crippen molar-refractivity contribution in [3.8, 4) is 0 Å². The summed E-state index contributed by atoms with van der Waals surface area (Å²) in [6.45, 7) is 4.82. The van der Waals surface area contributed by atoms with Gasteiger partial charge in [-0.05, 0) is 19.9 Å². The number of hydrogen-bond acceptors (Lipinski definition) is 8. The molecule has 26 heavy (non-hydrogen) atoms. The Morgan fingerprint density at radius 2 is 2.12 bits per heavy atom. The minimum absolute atomic E-state index is 0.123. The second kappa shape index (κ2) is 6.34. The van der Waals surface area contributed by atoms with E-state index in [1.165, 1.54) is 6.20 Å². The van der Waals surface area contributed by atoms with Gasteiger partial charge in [0.05, 0.1) is 29.8 Å². The van der Waals surface area contributed by atoms with Crippen molar-refractivity contribution in [2.45, 2.75) is 20.0 Å². The SMILES string of the molecule is Cc1cc(C(=O)N2CCOC(c3nccnc3N)C2)c2c(C)noc2n1. The molecule has 134 valence electrons. The van der Waals surface area contributed by atoms with Crippen molar-refractivity contribution in [1.29, 1.82) is 0 Å². The van der Waals surface area contributed by atoms with Gasteiger partial charge in [0.15, 0.2) is 0 Å². The second-order valence-electron chi connectivity index (χ2n) is 6.20. The number of amides is 1. The van der Waals surface area contributed by atoms with E-state index in [0.717, 1.165) is 0 Å². The zero-order chi connectivity index (χ0) is 18.3. The summed E-state index contributed by atoms with van der Waals surface area (Å²) in [6.07, 6.45) is 2.67. The summed E-state index contributed by atoms with van der Waals surface area (Å²) >= 11 is 0. The van der Waals surface area contributed by atoms with Crippen LogP contribution in [0.1, 0.15) is 33.5 Å². The van der Waals surface area contributed by atoms with Crippen molar-refractivity contribution >= 4 is 22.8 Å². The van der Waals surface area contributed by atoms with Crippen LogP contribution in [-0.4, -0.2) is 50.6 Å². The molecule has 0 radical (unpaired) electrons. The van der Waals surface area contributed by atoms with Crippen LogP contribution in [0.3, 0.4) is 0 Å². The van der Waals surface area contributed by atoms with Crippen LogP contribution in [0.5, 0.6) is 0 Å². The highest BCUT2D eigenvalue weighted by molar-refractivity contribution is 6.06. The number of nitrogens with two attached hydrogens (primary N) is 1. The van der Waals surface area contributed by atoms with Crippen molar-refractivity contribution < 1.29 is 14.1 Å². The molecule has 3 aromatic heterocycles. The molecular weight excluding hydrogens is 336 g/mol. The number of aryl methyl sites for hydroxylation is 2. The van der Waals surface area contributed by atoms with Gasteiger partial charge < -0.3 is 19.9 Å². The van der Waals surface area contributed by atoms with Crippen LogP contribution < -0.4 is 5.73 Å². The summed E-state index contributed by atoms with van der Waals surface area (Å²) in [6, 6.07) is 1.76. The van der Waals surface area contributed by atoms with Gasteiger partial charge in [0.25, 0.3) is 11.6 Å². The van der Waals surface area contributed by atoms with Crippen LogP contribution >= 0.6 is 0 Å². The Bertz CT molecular complexity index is 986. The van der Waals surface area contributed by atoms with E-state index in [1.807, 2.05) is 6.92 Å². The van der Waals surface area contributed by atoms with Crippen molar-refractivity contribution in [2.75, 3.05) is 25.4 Å². The number of ether oxygens (including phenoxy) is 1. The van der Waals surface area contributed by atoms with Crippen LogP contribution in [0.2, 0.25) is 0 Å². The van der Waals surface area contributed by atoms with E-state index in [4.69, 9.17) is 15.0 Å². The molecule has 1 atom stereocenters. The lowest BCUT2D eigenvalue weighted by molar-refractivity contribution is -0.0244. The first-order valence-electron chi connectivity index (χ1n) is 8.25. The predicted molar refractivity (Wildman–Crippen MR) is 92.3 cm³/mol. The molecule has 1 amide bonds. The van der Waals surface area contributed by atoms with E-state index >= 15 is 0 Å². The number of nitrogens with zero attached hydrogens (tertiary/aromatic N) is 5. The lowest BCUT2D eigenvalue weighted by Crippen LogP contribution is -2.42. The third kappa shape index (κ3) is 2.76. The summed E-state index contributed by atoms with van der Waals surface area (Å²) in [5.74, 6) is 0.186. The lowest BCUT2D eigenvalue weighted by Gasteiger charge is -2.33. The number of morpholine rings is 1. The Kier molecular flexibility index (Phi) is 4.00. The number of rotatable bonds is 2. The van der Waals surface area contributed by atoms with E-state index in [2.05, 4.69) is 20.1 Å². The highest BCUT2D eigenvalue weighted by Gasteiger charge is 2.30. The molecule has 9 heteroatoms. The van der Waals surface area contributed by atoms with Gasteiger partial charge in [-0.15, -0.1) is 0 Å². The minimum atomic E-state index is -0.414. The highest BCUT2D eigenvalue weighted by atomic mass is 16.5. The van der Waals surface area contributed by atoms with Gasteiger partial charge in [0.2, 0.25) is 0 Å². The van der Waals surface area contributed by atoms with E-state index in [9.17, 15) is 4.79 Å². The van der Waals surface area contributed by atoms with Crippen LogP contribution in [0.4, 0.5) is 5.82 Å². The van der Waals surface area contributed by atoms with Crippen LogP contribution in [0, 0.1) is 13.8 Å². The van der Waals surface area contributed by atoms with Crippen molar-refractivity contribution in [2.24, 2.45) is 0 Å². The topological polar surface area (TPSA) is 120 Å². The Hall–Kier alpha value is -3.07. The molecule has 0 aromatic carbocycles. The summed E-state index contributed by atoms with van der Waals surface area (Å²) in [7, 11) is 0. The number of carbonyl (C=O) groups is 1. The summed E-state index contributed by atoms with van der Waals surface area (Å²) in [5, 5.41) is 4.57. The first kappa shape index (κ1) is 16.4. The summed E-state index contributed by atoms with van der Waals surface area (Å²) in [5.41, 5.74) is 8.67. The van der Waals surface area contributed by atoms with E-state index in [-0.39, 0.29) is 5.91 Å². The maximum atomic E-state index is 13.2. The molecule has 0 spiro atoms. The lowest BCUT2D eigenvalue weighted by atomic mass is 10.1. The van der Waals surface area contributed by atoms with Gasteiger partial charge in [0.1, 0.15) is 17.6 Å². The fourth-order valence-corrected chi connectivity index (χ4v) is 3.16. The maximum Gasteiger partial charge on any atom is 0.258 e. The average Bonchev–Trinajstić information content (AvgIpc) is 3.01. The van der Waals surface area contributed by atoms with Gasteiger partial charge >= 0.3 is 0 Å². The number of pyridine rings is 1. The maximum absolute atomic E-state index is 13.2. The molecule has 9 nitrogen and oxygen atoms in total. The van der Waals surface area contributed by atoms with Gasteiger partial charge in [-0.25, -0.2) is 9.97 Å². The molecule has 1 fully saturated rings. The molecule has 0 aliphatic carbocycles. The normalized spacial score (nSPS) is 17.6.